The zero-order valence-electron chi connectivity index (χ0n) is 21.9. The first-order chi connectivity index (χ1) is 18.9. The van der Waals surface area contributed by atoms with E-state index < -0.39 is 5.63 Å². The molecule has 0 saturated carbocycles. The first kappa shape index (κ1) is 23.7. The summed E-state index contributed by atoms with van der Waals surface area (Å²) >= 11 is 0. The van der Waals surface area contributed by atoms with E-state index in [-0.39, 0.29) is 29.7 Å². The predicted octanol–water partition coefficient (Wildman–Crippen LogP) is 5.17. The predicted molar refractivity (Wildman–Crippen MR) is 149 cm³/mol. The fourth-order valence-corrected chi connectivity index (χ4v) is 6.69. The molecule has 2 aromatic carbocycles. The van der Waals surface area contributed by atoms with Crippen molar-refractivity contribution < 1.29 is 13.6 Å². The number of fused-ring (bicyclic) bond motifs is 7. The Bertz CT molecular complexity index is 1900. The summed E-state index contributed by atoms with van der Waals surface area (Å²) in [5.41, 5.74) is 5.69. The van der Waals surface area contributed by atoms with Gasteiger partial charge < -0.3 is 18.3 Å². The van der Waals surface area contributed by atoms with Gasteiger partial charge in [-0.3, -0.25) is 9.59 Å². The molecule has 196 valence electrons. The highest BCUT2D eigenvalue weighted by atomic mass is 16.4. The summed E-state index contributed by atoms with van der Waals surface area (Å²) in [4.78, 5) is 40.9. The Morgan fingerprint density at radius 3 is 2.62 bits per heavy atom. The highest BCUT2D eigenvalue weighted by Crippen LogP contribution is 2.39. The number of furan rings is 1. The van der Waals surface area contributed by atoms with Crippen LogP contribution in [-0.2, 0) is 17.8 Å². The van der Waals surface area contributed by atoms with Crippen LogP contribution in [0.4, 0.5) is 0 Å². The number of aromatic nitrogens is 1. The van der Waals surface area contributed by atoms with E-state index in [1.807, 2.05) is 65.8 Å². The van der Waals surface area contributed by atoms with Crippen molar-refractivity contribution >= 4 is 27.8 Å². The monoisotopic (exact) mass is 520 g/mol. The van der Waals surface area contributed by atoms with E-state index in [0.29, 0.717) is 41.9 Å². The summed E-state index contributed by atoms with van der Waals surface area (Å²) in [5.74, 6) is 0.238. The molecule has 0 unspecified atom stereocenters. The number of pyridine rings is 1. The molecule has 2 aliphatic rings. The normalized spacial score (nSPS) is 18.5. The molecule has 7 rings (SSSR count). The van der Waals surface area contributed by atoms with Gasteiger partial charge in [-0.2, -0.15) is 0 Å². The lowest BCUT2D eigenvalue weighted by Crippen LogP contribution is -2.49. The number of nitrogens with zero attached hydrogens (tertiary/aromatic N) is 2. The van der Waals surface area contributed by atoms with Crippen molar-refractivity contribution in [2.75, 3.05) is 13.1 Å². The molecule has 5 aromatic rings. The van der Waals surface area contributed by atoms with E-state index >= 15 is 0 Å². The summed E-state index contributed by atoms with van der Waals surface area (Å²) in [5, 5.41) is 1.70. The van der Waals surface area contributed by atoms with E-state index in [9.17, 15) is 14.4 Å². The molecular formula is C32H28N2O5. The second-order valence-corrected chi connectivity index (χ2v) is 11.0. The van der Waals surface area contributed by atoms with Crippen molar-refractivity contribution in [3.05, 3.63) is 104 Å². The first-order valence-corrected chi connectivity index (χ1v) is 13.4. The Morgan fingerprint density at radius 1 is 0.974 bits per heavy atom. The van der Waals surface area contributed by atoms with Crippen LogP contribution in [0.5, 0.6) is 0 Å². The van der Waals surface area contributed by atoms with Gasteiger partial charge >= 0.3 is 5.63 Å². The van der Waals surface area contributed by atoms with E-state index in [2.05, 4.69) is 0 Å². The Labute approximate surface area is 224 Å². The molecule has 2 aliphatic heterocycles. The Balaban J connectivity index is 1.26. The van der Waals surface area contributed by atoms with Crippen LogP contribution in [-0.4, -0.2) is 28.5 Å². The smallest absolute Gasteiger partial charge is 0.340 e. The lowest BCUT2D eigenvalue weighted by molar-refractivity contribution is -0.133. The second-order valence-electron chi connectivity index (χ2n) is 11.0. The minimum Gasteiger partial charge on any atom is -0.463 e. The molecule has 0 aliphatic carbocycles. The van der Waals surface area contributed by atoms with Gasteiger partial charge in [-0.1, -0.05) is 36.4 Å². The molecule has 0 N–H and O–H groups in total. The van der Waals surface area contributed by atoms with Crippen LogP contribution in [0.2, 0.25) is 0 Å². The average Bonchev–Trinajstić information content (AvgIpc) is 3.37. The molecule has 2 bridgehead atoms. The Morgan fingerprint density at radius 2 is 1.79 bits per heavy atom. The quantitative estimate of drug-likeness (QED) is 0.306. The molecule has 5 heterocycles. The van der Waals surface area contributed by atoms with Gasteiger partial charge in [-0.25, -0.2) is 4.79 Å². The van der Waals surface area contributed by atoms with Crippen LogP contribution >= 0.6 is 0 Å². The summed E-state index contributed by atoms with van der Waals surface area (Å²) in [6.07, 6.45) is 2.67. The number of amides is 1. The summed E-state index contributed by atoms with van der Waals surface area (Å²) in [6.45, 7) is 5.59. The summed E-state index contributed by atoms with van der Waals surface area (Å²) < 4.78 is 13.7. The maximum Gasteiger partial charge on any atom is 0.340 e. The van der Waals surface area contributed by atoms with Crippen LogP contribution < -0.4 is 11.2 Å². The van der Waals surface area contributed by atoms with Gasteiger partial charge in [-0.15, -0.1) is 0 Å². The van der Waals surface area contributed by atoms with E-state index in [4.69, 9.17) is 8.83 Å². The van der Waals surface area contributed by atoms with Crippen molar-refractivity contribution in [1.29, 1.82) is 0 Å². The van der Waals surface area contributed by atoms with Crippen LogP contribution in [0.25, 0.3) is 33.1 Å². The minimum absolute atomic E-state index is 0.0151. The standard InChI is InChI=1S/C32H28N2O5/c1-18-11-26-30(31-29(18)24(17-38-31)21-7-4-3-5-8-21)19(2)23(32(37)39-26)13-28(36)33-14-20-12-22(16-33)25-9-6-10-27(35)34(25)15-20/h3-11,17,20,22H,12-16H2,1-2H3/t20-,22-/m0/s1. The number of hydrogen-bond acceptors (Lipinski definition) is 5. The van der Waals surface area contributed by atoms with Crippen LogP contribution in [0.15, 0.2) is 79.3 Å². The Hall–Kier alpha value is -4.39. The number of hydrogen-bond donors (Lipinski definition) is 0. The van der Waals surface area contributed by atoms with Gasteiger partial charge in [0.05, 0.1) is 23.6 Å². The van der Waals surface area contributed by atoms with E-state index in [0.717, 1.165) is 39.6 Å². The molecule has 39 heavy (non-hydrogen) atoms. The summed E-state index contributed by atoms with van der Waals surface area (Å²) in [6, 6.07) is 17.3. The molecule has 2 atom stereocenters. The second kappa shape index (κ2) is 8.83. The first-order valence-electron chi connectivity index (χ1n) is 13.4. The fraction of sp³-hybridized carbons (Fsp3) is 0.281. The van der Waals surface area contributed by atoms with Crippen LogP contribution in [0, 0.1) is 19.8 Å². The molecule has 0 radical (unpaired) electrons. The molecule has 0 spiro atoms. The number of likely N-dealkylation sites (tertiary alicyclic amines) is 1. The third kappa shape index (κ3) is 3.75. The number of aryl methyl sites for hydroxylation is 2. The maximum absolute atomic E-state index is 13.6. The fourth-order valence-electron chi connectivity index (χ4n) is 6.69. The number of benzene rings is 2. The third-order valence-electron chi connectivity index (χ3n) is 8.53. The van der Waals surface area contributed by atoms with E-state index in [1.165, 1.54) is 0 Å². The Kier molecular flexibility index (Phi) is 5.37. The molecule has 1 saturated heterocycles. The van der Waals surface area contributed by atoms with Crippen molar-refractivity contribution in [3.8, 4) is 11.1 Å². The van der Waals surface area contributed by atoms with Gasteiger partial charge in [-0.05, 0) is 55.0 Å². The van der Waals surface area contributed by atoms with Crippen molar-refractivity contribution in [1.82, 2.24) is 9.47 Å². The molecule has 7 nitrogen and oxygen atoms in total. The molecule has 1 amide bonds. The highest BCUT2D eigenvalue weighted by Gasteiger charge is 2.36. The zero-order chi connectivity index (χ0) is 26.8. The van der Waals surface area contributed by atoms with Crippen molar-refractivity contribution in [2.45, 2.75) is 39.2 Å². The van der Waals surface area contributed by atoms with E-state index in [1.54, 1.807) is 18.4 Å². The largest absolute Gasteiger partial charge is 0.463 e. The third-order valence-corrected chi connectivity index (χ3v) is 8.53. The minimum atomic E-state index is -0.490. The maximum atomic E-state index is 13.6. The van der Waals surface area contributed by atoms with Gasteiger partial charge in [0.15, 0.2) is 0 Å². The van der Waals surface area contributed by atoms with Gasteiger partial charge in [0.1, 0.15) is 11.2 Å². The average molecular weight is 521 g/mol. The zero-order valence-corrected chi connectivity index (χ0v) is 21.9. The van der Waals surface area contributed by atoms with Crippen molar-refractivity contribution in [2.24, 2.45) is 5.92 Å². The lowest BCUT2D eigenvalue weighted by atomic mass is 9.83. The number of carbonyl (C=O) groups excluding carboxylic acids is 1. The number of piperidine rings is 1. The molecule has 1 fully saturated rings. The molecule has 7 heteroatoms. The van der Waals surface area contributed by atoms with Crippen LogP contribution in [0.1, 0.15) is 34.7 Å². The highest BCUT2D eigenvalue weighted by molar-refractivity contribution is 6.11. The molecule has 3 aromatic heterocycles. The molecular weight excluding hydrogens is 492 g/mol. The van der Waals surface area contributed by atoms with Gasteiger partial charge in [0.25, 0.3) is 5.56 Å². The number of rotatable bonds is 3. The summed E-state index contributed by atoms with van der Waals surface area (Å²) in [7, 11) is 0. The topological polar surface area (TPSA) is 85.7 Å². The SMILES string of the molecule is Cc1cc2oc(=O)c(CC(=O)N3C[C@@H]4C[C@@H](C3)c3cccc(=O)n3C4)c(C)c2c2occ(-c3ccccc3)c12. The lowest BCUT2D eigenvalue weighted by Gasteiger charge is -2.42. The van der Waals surface area contributed by atoms with Gasteiger partial charge in [0, 0.05) is 48.3 Å². The number of carbonyl (C=O) groups is 1. The van der Waals surface area contributed by atoms with Crippen LogP contribution in [0.3, 0.4) is 0 Å². The van der Waals surface area contributed by atoms with Gasteiger partial charge in [0.2, 0.25) is 5.91 Å². The van der Waals surface area contributed by atoms with Crippen molar-refractivity contribution in [3.63, 3.8) is 0 Å².